The van der Waals surface area contributed by atoms with E-state index in [2.05, 4.69) is 25.1 Å². The smallest absolute Gasteiger partial charge is 0.0658 e. The molecular formula is C11H21NO. The standard InChI is InChI=1S/C11H21NO/c1-5-10(4)12-8-11(6-2,7-3)9-13/h1,10,12-13H,6-9H2,2-4H3. The number of aliphatic hydroxyl groups excluding tert-OH is 1. The van der Waals surface area contributed by atoms with E-state index in [1.807, 2.05) is 6.92 Å². The lowest BCUT2D eigenvalue weighted by Gasteiger charge is -2.30. The molecule has 13 heavy (non-hydrogen) atoms. The van der Waals surface area contributed by atoms with Gasteiger partial charge in [0.25, 0.3) is 0 Å². The monoisotopic (exact) mass is 183 g/mol. The van der Waals surface area contributed by atoms with Crippen LogP contribution in [0.3, 0.4) is 0 Å². The second-order valence-corrected chi connectivity index (χ2v) is 3.63. The number of rotatable bonds is 6. The van der Waals surface area contributed by atoms with Crippen LogP contribution in [-0.2, 0) is 0 Å². The van der Waals surface area contributed by atoms with E-state index in [9.17, 15) is 5.11 Å². The van der Waals surface area contributed by atoms with Crippen molar-refractivity contribution in [2.45, 2.75) is 39.7 Å². The zero-order chi connectivity index (χ0) is 10.3. The SMILES string of the molecule is C#CC(C)NCC(CC)(CC)CO. The third-order valence-electron chi connectivity index (χ3n) is 2.87. The van der Waals surface area contributed by atoms with Gasteiger partial charge in [-0.2, -0.15) is 0 Å². The summed E-state index contributed by atoms with van der Waals surface area (Å²) in [5, 5.41) is 12.5. The number of nitrogens with one attached hydrogen (secondary N) is 1. The summed E-state index contributed by atoms with van der Waals surface area (Å²) in [5.41, 5.74) is 0.00507. The summed E-state index contributed by atoms with van der Waals surface area (Å²) in [4.78, 5) is 0. The first kappa shape index (κ1) is 12.5. The van der Waals surface area contributed by atoms with Crippen molar-refractivity contribution in [1.82, 2.24) is 5.32 Å². The molecule has 1 atom stereocenters. The molecule has 2 N–H and O–H groups in total. The molecule has 0 spiro atoms. The molecule has 1 unspecified atom stereocenters. The van der Waals surface area contributed by atoms with Crippen molar-refractivity contribution < 1.29 is 5.11 Å². The number of hydrogen-bond acceptors (Lipinski definition) is 2. The van der Waals surface area contributed by atoms with Crippen molar-refractivity contribution in [1.29, 1.82) is 0 Å². The Morgan fingerprint density at radius 1 is 1.46 bits per heavy atom. The van der Waals surface area contributed by atoms with E-state index in [1.165, 1.54) is 0 Å². The largest absolute Gasteiger partial charge is 0.396 e. The molecule has 0 aliphatic rings. The van der Waals surface area contributed by atoms with Gasteiger partial charge in [-0.15, -0.1) is 6.42 Å². The number of terminal acetylenes is 1. The van der Waals surface area contributed by atoms with E-state index in [1.54, 1.807) is 0 Å². The first-order valence-corrected chi connectivity index (χ1v) is 4.94. The van der Waals surface area contributed by atoms with Crippen LogP contribution < -0.4 is 5.32 Å². The van der Waals surface area contributed by atoms with Gasteiger partial charge in [0.15, 0.2) is 0 Å². The van der Waals surface area contributed by atoms with E-state index in [-0.39, 0.29) is 18.1 Å². The number of aliphatic hydroxyl groups is 1. The van der Waals surface area contributed by atoms with Gasteiger partial charge in [-0.1, -0.05) is 19.8 Å². The van der Waals surface area contributed by atoms with Crippen molar-refractivity contribution in [3.63, 3.8) is 0 Å². The van der Waals surface area contributed by atoms with E-state index in [0.29, 0.717) is 0 Å². The quantitative estimate of drug-likeness (QED) is 0.610. The van der Waals surface area contributed by atoms with Crippen molar-refractivity contribution in [2.24, 2.45) is 5.41 Å². The minimum atomic E-state index is 0.00507. The first-order chi connectivity index (χ1) is 6.14. The summed E-state index contributed by atoms with van der Waals surface area (Å²) < 4.78 is 0. The zero-order valence-electron chi connectivity index (χ0n) is 8.93. The molecule has 2 nitrogen and oxygen atoms in total. The average Bonchev–Trinajstić information content (AvgIpc) is 2.20. The van der Waals surface area contributed by atoms with E-state index in [0.717, 1.165) is 19.4 Å². The molecule has 0 bridgehead atoms. The lowest BCUT2D eigenvalue weighted by Crippen LogP contribution is -2.39. The maximum atomic E-state index is 9.27. The fraction of sp³-hybridized carbons (Fsp3) is 0.818. The summed E-state index contributed by atoms with van der Waals surface area (Å²) >= 11 is 0. The molecule has 76 valence electrons. The highest BCUT2D eigenvalue weighted by Crippen LogP contribution is 2.24. The van der Waals surface area contributed by atoms with Gasteiger partial charge in [-0.3, -0.25) is 0 Å². The molecule has 0 rings (SSSR count). The first-order valence-electron chi connectivity index (χ1n) is 4.94. The van der Waals surface area contributed by atoms with Crippen LogP contribution in [0.1, 0.15) is 33.6 Å². The van der Waals surface area contributed by atoms with E-state index < -0.39 is 0 Å². The van der Waals surface area contributed by atoms with Crippen LogP contribution in [0.2, 0.25) is 0 Å². The molecule has 0 aromatic carbocycles. The van der Waals surface area contributed by atoms with Crippen LogP contribution in [0.15, 0.2) is 0 Å². The Bertz CT molecular complexity index is 159. The second kappa shape index (κ2) is 6.01. The van der Waals surface area contributed by atoms with Crippen LogP contribution in [0, 0.1) is 17.8 Å². The van der Waals surface area contributed by atoms with E-state index in [4.69, 9.17) is 6.42 Å². The lowest BCUT2D eigenvalue weighted by atomic mass is 9.83. The van der Waals surface area contributed by atoms with Gasteiger partial charge in [0.2, 0.25) is 0 Å². The molecule has 0 radical (unpaired) electrons. The maximum absolute atomic E-state index is 9.27. The van der Waals surface area contributed by atoms with Crippen LogP contribution >= 0.6 is 0 Å². The Hall–Kier alpha value is -0.520. The normalized spacial score (nSPS) is 13.8. The molecule has 0 amide bonds. The molecule has 0 saturated heterocycles. The van der Waals surface area contributed by atoms with Gasteiger partial charge >= 0.3 is 0 Å². The van der Waals surface area contributed by atoms with Gasteiger partial charge in [0, 0.05) is 18.6 Å². The van der Waals surface area contributed by atoms with Crippen LogP contribution in [0.4, 0.5) is 0 Å². The Labute approximate surface area is 81.7 Å². The third-order valence-corrected chi connectivity index (χ3v) is 2.87. The molecule has 0 aromatic rings. The molecule has 0 heterocycles. The summed E-state index contributed by atoms with van der Waals surface area (Å²) in [5.74, 6) is 2.62. The van der Waals surface area contributed by atoms with Gasteiger partial charge in [0.1, 0.15) is 0 Å². The molecule has 0 fully saturated rings. The van der Waals surface area contributed by atoms with Crippen molar-refractivity contribution in [2.75, 3.05) is 13.2 Å². The van der Waals surface area contributed by atoms with Crippen molar-refractivity contribution >= 4 is 0 Å². The summed E-state index contributed by atoms with van der Waals surface area (Å²) in [7, 11) is 0. The van der Waals surface area contributed by atoms with Gasteiger partial charge in [-0.05, 0) is 19.8 Å². The van der Waals surface area contributed by atoms with Crippen LogP contribution in [0.25, 0.3) is 0 Å². The fourth-order valence-electron chi connectivity index (χ4n) is 1.21. The predicted molar refractivity (Wildman–Crippen MR) is 56.4 cm³/mol. The highest BCUT2D eigenvalue weighted by molar-refractivity contribution is 4.96. The van der Waals surface area contributed by atoms with Crippen LogP contribution in [-0.4, -0.2) is 24.3 Å². The van der Waals surface area contributed by atoms with E-state index >= 15 is 0 Å². The molecule has 2 heteroatoms. The third kappa shape index (κ3) is 3.80. The Morgan fingerprint density at radius 3 is 2.31 bits per heavy atom. The Kier molecular flexibility index (Phi) is 5.77. The lowest BCUT2D eigenvalue weighted by molar-refractivity contribution is 0.112. The average molecular weight is 183 g/mol. The fourth-order valence-corrected chi connectivity index (χ4v) is 1.21. The summed E-state index contributed by atoms with van der Waals surface area (Å²) in [6.07, 6.45) is 7.20. The highest BCUT2D eigenvalue weighted by Gasteiger charge is 2.24. The molecular weight excluding hydrogens is 162 g/mol. The number of hydrogen-bond donors (Lipinski definition) is 2. The Balaban J connectivity index is 4.04. The second-order valence-electron chi connectivity index (χ2n) is 3.63. The Morgan fingerprint density at radius 2 is 2.00 bits per heavy atom. The van der Waals surface area contributed by atoms with Gasteiger partial charge in [0.05, 0.1) is 6.04 Å². The molecule has 0 aromatic heterocycles. The van der Waals surface area contributed by atoms with Crippen molar-refractivity contribution in [3.05, 3.63) is 0 Å². The predicted octanol–water partition coefficient (Wildman–Crippen LogP) is 1.40. The van der Waals surface area contributed by atoms with Gasteiger partial charge in [-0.25, -0.2) is 0 Å². The highest BCUT2D eigenvalue weighted by atomic mass is 16.3. The summed E-state index contributed by atoms with van der Waals surface area (Å²) in [6.45, 7) is 7.17. The molecule has 0 aliphatic heterocycles. The molecule has 0 saturated carbocycles. The van der Waals surface area contributed by atoms with Gasteiger partial charge < -0.3 is 10.4 Å². The topological polar surface area (TPSA) is 32.3 Å². The van der Waals surface area contributed by atoms with Crippen molar-refractivity contribution in [3.8, 4) is 12.3 Å². The summed E-state index contributed by atoms with van der Waals surface area (Å²) in [6, 6.07) is 0.0871. The van der Waals surface area contributed by atoms with Crippen LogP contribution in [0.5, 0.6) is 0 Å². The maximum Gasteiger partial charge on any atom is 0.0658 e. The minimum Gasteiger partial charge on any atom is -0.396 e. The minimum absolute atomic E-state index is 0.00507. The zero-order valence-corrected chi connectivity index (χ0v) is 8.93. The molecule has 0 aliphatic carbocycles.